The average molecular weight is 361 g/mol. The maximum atomic E-state index is 12.4. The zero-order valence-corrected chi connectivity index (χ0v) is 14.6. The molecule has 1 aliphatic rings. The number of benzene rings is 1. The van der Waals surface area contributed by atoms with Crippen molar-refractivity contribution in [3.8, 4) is 11.3 Å². The van der Waals surface area contributed by atoms with Crippen LogP contribution >= 0.6 is 11.6 Å². The summed E-state index contributed by atoms with van der Waals surface area (Å²) in [6.07, 6.45) is 5.10. The van der Waals surface area contributed by atoms with Crippen molar-refractivity contribution in [3.63, 3.8) is 0 Å². The molecule has 0 radical (unpaired) electrons. The Morgan fingerprint density at radius 3 is 2.68 bits per heavy atom. The fourth-order valence-electron chi connectivity index (χ4n) is 3.31. The number of furan rings is 1. The van der Waals surface area contributed by atoms with Gasteiger partial charge in [-0.3, -0.25) is 9.59 Å². The molecule has 1 aliphatic carbocycles. The van der Waals surface area contributed by atoms with Crippen LogP contribution < -0.4 is 11.1 Å². The summed E-state index contributed by atoms with van der Waals surface area (Å²) in [5.74, 6) is 0.181. The van der Waals surface area contributed by atoms with Crippen LogP contribution in [0.2, 0.25) is 5.02 Å². The van der Waals surface area contributed by atoms with Crippen LogP contribution in [0.3, 0.4) is 0 Å². The molecule has 0 bridgehead atoms. The van der Waals surface area contributed by atoms with Crippen molar-refractivity contribution in [1.82, 2.24) is 5.32 Å². The van der Waals surface area contributed by atoms with Crippen LogP contribution in [0, 0.1) is 5.92 Å². The van der Waals surface area contributed by atoms with Gasteiger partial charge in [0, 0.05) is 10.6 Å². The monoisotopic (exact) mass is 360 g/mol. The molecule has 0 aliphatic heterocycles. The molecule has 25 heavy (non-hydrogen) atoms. The summed E-state index contributed by atoms with van der Waals surface area (Å²) in [6, 6.07) is 9.80. The number of amides is 2. The van der Waals surface area contributed by atoms with Crippen LogP contribution in [-0.2, 0) is 4.79 Å². The molecule has 0 saturated heterocycles. The Balaban J connectivity index is 1.68. The topological polar surface area (TPSA) is 85.3 Å². The predicted molar refractivity (Wildman–Crippen MR) is 96.2 cm³/mol. The van der Waals surface area contributed by atoms with Crippen molar-refractivity contribution >= 4 is 23.4 Å². The molecule has 0 unspecified atom stereocenters. The molecule has 1 fully saturated rings. The van der Waals surface area contributed by atoms with E-state index in [1.54, 1.807) is 24.3 Å². The lowest BCUT2D eigenvalue weighted by atomic mass is 9.98. The number of nitrogens with one attached hydrogen (secondary N) is 1. The lowest BCUT2D eigenvalue weighted by molar-refractivity contribution is -0.120. The highest BCUT2D eigenvalue weighted by atomic mass is 35.5. The first kappa shape index (κ1) is 17.5. The highest BCUT2D eigenvalue weighted by molar-refractivity contribution is 6.30. The summed E-state index contributed by atoms with van der Waals surface area (Å²) in [5.41, 5.74) is 6.24. The van der Waals surface area contributed by atoms with Crippen LogP contribution in [0.4, 0.5) is 0 Å². The van der Waals surface area contributed by atoms with Gasteiger partial charge in [-0.25, -0.2) is 0 Å². The predicted octanol–water partition coefficient (Wildman–Crippen LogP) is 3.76. The van der Waals surface area contributed by atoms with Gasteiger partial charge in [-0.15, -0.1) is 0 Å². The van der Waals surface area contributed by atoms with E-state index in [9.17, 15) is 9.59 Å². The first-order valence-corrected chi connectivity index (χ1v) is 8.86. The van der Waals surface area contributed by atoms with Gasteiger partial charge in [-0.2, -0.15) is 0 Å². The number of rotatable bonds is 6. The van der Waals surface area contributed by atoms with Crippen LogP contribution in [0.15, 0.2) is 40.8 Å². The standard InChI is InChI=1S/C19H21ClN2O3/c20-14-7-3-6-13(11-14)16-8-9-17(25-16)19(24)22-15(18(21)23)10-12-4-1-2-5-12/h3,6-9,11-12,15H,1-2,4-5,10H2,(H2,21,23)(H,22,24)/t15-/m0/s1. The van der Waals surface area contributed by atoms with E-state index in [2.05, 4.69) is 5.32 Å². The first-order chi connectivity index (χ1) is 12.0. The highest BCUT2D eigenvalue weighted by Gasteiger charge is 2.26. The Morgan fingerprint density at radius 2 is 2.00 bits per heavy atom. The summed E-state index contributed by atoms with van der Waals surface area (Å²) in [5, 5.41) is 3.29. The van der Waals surface area contributed by atoms with Gasteiger partial charge in [0.25, 0.3) is 5.91 Å². The fraction of sp³-hybridized carbons (Fsp3) is 0.368. The third-order valence-corrected chi connectivity index (χ3v) is 4.87. The number of hydrogen-bond donors (Lipinski definition) is 2. The normalized spacial score (nSPS) is 15.9. The minimum Gasteiger partial charge on any atom is -0.451 e. The molecule has 2 amide bonds. The summed E-state index contributed by atoms with van der Waals surface area (Å²) in [7, 11) is 0. The number of carbonyl (C=O) groups is 2. The van der Waals surface area contributed by atoms with Crippen LogP contribution in [0.1, 0.15) is 42.7 Å². The van der Waals surface area contributed by atoms with Crippen molar-refractivity contribution in [2.75, 3.05) is 0 Å². The molecular weight excluding hydrogens is 340 g/mol. The molecule has 2 aromatic rings. The molecule has 5 nitrogen and oxygen atoms in total. The molecule has 1 aromatic carbocycles. The molecule has 0 spiro atoms. The zero-order valence-electron chi connectivity index (χ0n) is 13.8. The zero-order chi connectivity index (χ0) is 17.8. The Morgan fingerprint density at radius 1 is 1.24 bits per heavy atom. The Hall–Kier alpha value is -2.27. The van der Waals surface area contributed by atoms with Gasteiger partial charge in [0.1, 0.15) is 11.8 Å². The third-order valence-electron chi connectivity index (χ3n) is 4.63. The van der Waals surface area contributed by atoms with Crippen molar-refractivity contribution in [3.05, 3.63) is 47.2 Å². The quantitative estimate of drug-likeness (QED) is 0.822. The Bertz CT molecular complexity index is 766. The van der Waals surface area contributed by atoms with Crippen molar-refractivity contribution in [2.45, 2.75) is 38.1 Å². The number of halogens is 1. The van der Waals surface area contributed by atoms with Crippen molar-refractivity contribution in [1.29, 1.82) is 0 Å². The first-order valence-electron chi connectivity index (χ1n) is 8.49. The SMILES string of the molecule is NC(=O)[C@H](CC1CCCC1)NC(=O)c1ccc(-c2cccc(Cl)c2)o1. The summed E-state index contributed by atoms with van der Waals surface area (Å²) in [6.45, 7) is 0. The Kier molecular flexibility index (Phi) is 5.43. The second-order valence-electron chi connectivity index (χ2n) is 6.49. The molecule has 1 saturated carbocycles. The van der Waals surface area contributed by atoms with E-state index in [0.717, 1.165) is 18.4 Å². The summed E-state index contributed by atoms with van der Waals surface area (Å²) < 4.78 is 5.61. The number of primary amides is 1. The van der Waals surface area contributed by atoms with E-state index in [1.807, 2.05) is 12.1 Å². The van der Waals surface area contributed by atoms with Gasteiger partial charge in [0.2, 0.25) is 5.91 Å². The van der Waals surface area contributed by atoms with E-state index in [-0.39, 0.29) is 5.76 Å². The molecule has 132 valence electrons. The van der Waals surface area contributed by atoms with Gasteiger partial charge < -0.3 is 15.5 Å². The van der Waals surface area contributed by atoms with E-state index >= 15 is 0 Å². The Labute approximate surface area is 151 Å². The largest absolute Gasteiger partial charge is 0.451 e. The lowest BCUT2D eigenvalue weighted by Gasteiger charge is -2.18. The van der Waals surface area contributed by atoms with Gasteiger partial charge in [-0.05, 0) is 36.6 Å². The maximum absolute atomic E-state index is 12.4. The molecule has 1 heterocycles. The van der Waals surface area contributed by atoms with E-state index < -0.39 is 17.9 Å². The molecule has 1 atom stereocenters. The molecule has 6 heteroatoms. The average Bonchev–Trinajstić information content (AvgIpc) is 3.26. The minimum atomic E-state index is -0.671. The molecular formula is C19H21ClN2O3. The number of nitrogens with two attached hydrogens (primary N) is 1. The fourth-order valence-corrected chi connectivity index (χ4v) is 3.50. The van der Waals surface area contributed by atoms with Crippen molar-refractivity contribution in [2.24, 2.45) is 11.7 Å². The van der Waals surface area contributed by atoms with Crippen LogP contribution in [0.25, 0.3) is 11.3 Å². The smallest absolute Gasteiger partial charge is 0.287 e. The maximum Gasteiger partial charge on any atom is 0.287 e. The highest BCUT2D eigenvalue weighted by Crippen LogP contribution is 2.29. The number of hydrogen-bond acceptors (Lipinski definition) is 3. The second-order valence-corrected chi connectivity index (χ2v) is 6.93. The summed E-state index contributed by atoms with van der Waals surface area (Å²) >= 11 is 5.98. The van der Waals surface area contributed by atoms with Crippen LogP contribution in [0.5, 0.6) is 0 Å². The molecule has 1 aromatic heterocycles. The van der Waals surface area contributed by atoms with Crippen molar-refractivity contribution < 1.29 is 14.0 Å². The van der Waals surface area contributed by atoms with Gasteiger partial charge in [0.05, 0.1) is 0 Å². The van der Waals surface area contributed by atoms with Gasteiger partial charge in [0.15, 0.2) is 5.76 Å². The number of carbonyl (C=O) groups excluding carboxylic acids is 2. The van der Waals surface area contributed by atoms with E-state index in [1.165, 1.54) is 12.8 Å². The van der Waals surface area contributed by atoms with Gasteiger partial charge in [-0.1, -0.05) is 49.4 Å². The second kappa shape index (κ2) is 7.74. The third kappa shape index (κ3) is 4.42. The minimum absolute atomic E-state index is 0.146. The van der Waals surface area contributed by atoms with E-state index in [0.29, 0.717) is 23.1 Å². The van der Waals surface area contributed by atoms with Gasteiger partial charge >= 0.3 is 0 Å². The molecule has 3 rings (SSSR count). The summed E-state index contributed by atoms with van der Waals surface area (Å²) in [4.78, 5) is 24.1. The molecule has 3 N–H and O–H groups in total. The lowest BCUT2D eigenvalue weighted by Crippen LogP contribution is -2.45. The van der Waals surface area contributed by atoms with E-state index in [4.69, 9.17) is 21.8 Å². The van der Waals surface area contributed by atoms with Crippen LogP contribution in [-0.4, -0.2) is 17.9 Å².